The van der Waals surface area contributed by atoms with Crippen molar-refractivity contribution >= 4 is 0 Å². The second-order valence-electron chi connectivity index (χ2n) is 6.50. The molecule has 0 heteroatoms. The summed E-state index contributed by atoms with van der Waals surface area (Å²) in [5.74, 6) is 0. The van der Waals surface area contributed by atoms with Gasteiger partial charge in [-0.2, -0.15) is 0 Å². The highest BCUT2D eigenvalue weighted by atomic mass is 14.0. The van der Waals surface area contributed by atoms with E-state index in [1.54, 1.807) is 11.1 Å². The van der Waals surface area contributed by atoms with Crippen molar-refractivity contribution < 1.29 is 0 Å². The van der Waals surface area contributed by atoms with E-state index in [0.717, 1.165) is 0 Å². The van der Waals surface area contributed by atoms with Gasteiger partial charge in [-0.3, -0.25) is 0 Å². The minimum atomic E-state index is 1.27. The molecule has 0 bridgehead atoms. The van der Waals surface area contributed by atoms with Gasteiger partial charge >= 0.3 is 0 Å². The Balaban J connectivity index is 2.14. The third kappa shape index (κ3) is 9.72. The third-order valence-electron chi connectivity index (χ3n) is 4.38. The van der Waals surface area contributed by atoms with Crippen LogP contribution in [0.2, 0.25) is 0 Å². The maximum atomic E-state index is 2.45. The summed E-state index contributed by atoms with van der Waals surface area (Å²) in [6, 6.07) is 9.32. The van der Waals surface area contributed by atoms with Crippen LogP contribution in [0.15, 0.2) is 24.3 Å². The van der Waals surface area contributed by atoms with Crippen LogP contribution >= 0.6 is 0 Å². The first kappa shape index (κ1) is 18.3. The van der Waals surface area contributed by atoms with Crippen molar-refractivity contribution in [3.63, 3.8) is 0 Å². The van der Waals surface area contributed by atoms with Crippen molar-refractivity contribution in [3.05, 3.63) is 35.4 Å². The van der Waals surface area contributed by atoms with E-state index in [1.807, 2.05) is 0 Å². The molecule has 120 valence electrons. The lowest BCUT2D eigenvalue weighted by molar-refractivity contribution is 0.589. The maximum absolute atomic E-state index is 2.45. The van der Waals surface area contributed by atoms with Gasteiger partial charge in [0, 0.05) is 0 Å². The zero-order valence-electron chi connectivity index (χ0n) is 14.5. The summed E-state index contributed by atoms with van der Waals surface area (Å²) < 4.78 is 0. The topological polar surface area (TPSA) is 0 Å². The van der Waals surface area contributed by atoms with Crippen LogP contribution in [0.5, 0.6) is 0 Å². The number of hydrogen-bond acceptors (Lipinski definition) is 0. The van der Waals surface area contributed by atoms with Gasteiger partial charge in [-0.15, -0.1) is 0 Å². The molecule has 0 atom stereocenters. The van der Waals surface area contributed by atoms with Crippen LogP contribution in [0, 0.1) is 0 Å². The molecular weight excluding hydrogens is 252 g/mol. The molecule has 0 aromatic heterocycles. The van der Waals surface area contributed by atoms with Crippen LogP contribution < -0.4 is 0 Å². The number of benzene rings is 1. The van der Waals surface area contributed by atoms with Crippen molar-refractivity contribution in [2.75, 3.05) is 0 Å². The molecule has 0 amide bonds. The molecule has 0 spiro atoms. The first-order chi connectivity index (χ1) is 10.4. The summed E-state index contributed by atoms with van der Waals surface area (Å²) >= 11 is 0. The first-order valence-corrected chi connectivity index (χ1v) is 9.44. The van der Waals surface area contributed by atoms with Crippen LogP contribution in [0.4, 0.5) is 0 Å². The molecule has 0 saturated heterocycles. The zero-order chi connectivity index (χ0) is 15.2. The molecule has 0 N–H and O–H groups in total. The van der Waals surface area contributed by atoms with Gasteiger partial charge in [-0.1, -0.05) is 95.9 Å². The third-order valence-corrected chi connectivity index (χ3v) is 4.38. The van der Waals surface area contributed by atoms with Gasteiger partial charge in [0.05, 0.1) is 0 Å². The monoisotopic (exact) mass is 288 g/mol. The van der Waals surface area contributed by atoms with Crippen molar-refractivity contribution in [1.29, 1.82) is 0 Å². The second kappa shape index (κ2) is 12.9. The predicted octanol–water partition coefficient (Wildman–Crippen LogP) is 7.10. The molecule has 21 heavy (non-hydrogen) atoms. The van der Waals surface area contributed by atoms with Crippen molar-refractivity contribution in [2.24, 2.45) is 0 Å². The molecule has 0 fully saturated rings. The van der Waals surface area contributed by atoms with Gasteiger partial charge in [0.1, 0.15) is 0 Å². The summed E-state index contributed by atoms with van der Waals surface area (Å²) in [7, 11) is 0. The fraction of sp³-hybridized carbons (Fsp3) is 0.714. The Kier molecular flexibility index (Phi) is 11.2. The highest BCUT2D eigenvalue weighted by Gasteiger charge is 1.98. The van der Waals surface area contributed by atoms with Crippen molar-refractivity contribution in [2.45, 2.75) is 97.3 Å². The molecule has 0 unspecified atom stereocenters. The largest absolute Gasteiger partial charge is 0.0654 e. The fourth-order valence-corrected chi connectivity index (χ4v) is 2.98. The van der Waals surface area contributed by atoms with E-state index < -0.39 is 0 Å². The van der Waals surface area contributed by atoms with E-state index in [0.29, 0.717) is 0 Å². The summed E-state index contributed by atoms with van der Waals surface area (Å²) in [4.78, 5) is 0. The summed E-state index contributed by atoms with van der Waals surface area (Å²) in [5, 5.41) is 0. The van der Waals surface area contributed by atoms with Gasteiger partial charge in [0.15, 0.2) is 0 Å². The van der Waals surface area contributed by atoms with E-state index in [9.17, 15) is 0 Å². The van der Waals surface area contributed by atoms with E-state index in [4.69, 9.17) is 0 Å². The molecule has 0 aliphatic heterocycles. The molecule has 1 aromatic carbocycles. The second-order valence-corrected chi connectivity index (χ2v) is 6.50. The van der Waals surface area contributed by atoms with E-state index in [1.165, 1.54) is 83.5 Å². The van der Waals surface area contributed by atoms with Crippen LogP contribution in [-0.2, 0) is 12.8 Å². The fourth-order valence-electron chi connectivity index (χ4n) is 2.98. The van der Waals surface area contributed by atoms with E-state index >= 15 is 0 Å². The summed E-state index contributed by atoms with van der Waals surface area (Å²) in [6.45, 7) is 4.57. The number of unbranched alkanes of at least 4 members (excludes halogenated alkanes) is 9. The molecule has 0 aliphatic rings. The molecular formula is C21H36. The standard InChI is InChI=1S/C21H36/c1-3-5-7-9-10-11-13-16-21-18-14-17-20(19-21)15-12-8-6-4-2/h14,17-19H,3-13,15-16H2,1-2H3. The summed E-state index contributed by atoms with van der Waals surface area (Å²) in [5.41, 5.74) is 3.10. The normalized spacial score (nSPS) is 11.0. The van der Waals surface area contributed by atoms with Crippen molar-refractivity contribution in [3.8, 4) is 0 Å². The molecule has 0 saturated carbocycles. The number of rotatable bonds is 13. The van der Waals surface area contributed by atoms with Gasteiger partial charge in [0.2, 0.25) is 0 Å². The molecule has 0 radical (unpaired) electrons. The highest BCUT2D eigenvalue weighted by Crippen LogP contribution is 2.14. The lowest BCUT2D eigenvalue weighted by Crippen LogP contribution is -1.91. The number of aryl methyl sites for hydroxylation is 2. The average molecular weight is 289 g/mol. The quantitative estimate of drug-likeness (QED) is 0.339. The zero-order valence-corrected chi connectivity index (χ0v) is 14.5. The molecule has 1 aromatic rings. The van der Waals surface area contributed by atoms with Crippen molar-refractivity contribution in [1.82, 2.24) is 0 Å². The Morgan fingerprint density at radius 1 is 0.571 bits per heavy atom. The Morgan fingerprint density at radius 2 is 1.00 bits per heavy atom. The highest BCUT2D eigenvalue weighted by molar-refractivity contribution is 5.23. The van der Waals surface area contributed by atoms with Crippen LogP contribution in [0.1, 0.15) is 95.6 Å². The first-order valence-electron chi connectivity index (χ1n) is 9.44. The molecule has 0 nitrogen and oxygen atoms in total. The van der Waals surface area contributed by atoms with Gasteiger partial charge in [-0.05, 0) is 36.8 Å². The molecule has 0 heterocycles. The maximum Gasteiger partial charge on any atom is -0.0279 e. The number of hydrogen-bond donors (Lipinski definition) is 0. The van der Waals surface area contributed by atoms with Gasteiger partial charge in [0.25, 0.3) is 0 Å². The Morgan fingerprint density at radius 3 is 1.52 bits per heavy atom. The van der Waals surface area contributed by atoms with E-state index in [-0.39, 0.29) is 0 Å². The lowest BCUT2D eigenvalue weighted by atomic mass is 10.0. The molecule has 0 aliphatic carbocycles. The Hall–Kier alpha value is -0.780. The smallest absolute Gasteiger partial charge is 0.0279 e. The van der Waals surface area contributed by atoms with Crippen LogP contribution in [0.3, 0.4) is 0 Å². The lowest BCUT2D eigenvalue weighted by Gasteiger charge is -2.06. The van der Waals surface area contributed by atoms with E-state index in [2.05, 4.69) is 38.1 Å². The van der Waals surface area contributed by atoms with Gasteiger partial charge < -0.3 is 0 Å². The summed E-state index contributed by atoms with van der Waals surface area (Å²) in [6.07, 6.45) is 17.8. The SMILES string of the molecule is CCCCCCCCCc1cccc(CCCCCC)c1. The minimum Gasteiger partial charge on any atom is -0.0654 e. The Bertz CT molecular complexity index is 340. The molecule has 1 rings (SSSR count). The predicted molar refractivity (Wildman–Crippen MR) is 96.0 cm³/mol. The van der Waals surface area contributed by atoms with Crippen LogP contribution in [-0.4, -0.2) is 0 Å². The van der Waals surface area contributed by atoms with Gasteiger partial charge in [-0.25, -0.2) is 0 Å². The van der Waals surface area contributed by atoms with Crippen LogP contribution in [0.25, 0.3) is 0 Å². The Labute approximate surface area is 133 Å². The minimum absolute atomic E-state index is 1.27. The average Bonchev–Trinajstić information content (AvgIpc) is 2.51.